The van der Waals surface area contributed by atoms with Crippen molar-refractivity contribution < 1.29 is 9.90 Å². The second-order valence-electron chi connectivity index (χ2n) is 3.84. The van der Waals surface area contributed by atoms with E-state index in [4.69, 9.17) is 0 Å². The molecule has 1 aliphatic rings. The van der Waals surface area contributed by atoms with Crippen LogP contribution in [-0.4, -0.2) is 15.9 Å². The van der Waals surface area contributed by atoms with Crippen molar-refractivity contribution in [3.63, 3.8) is 0 Å². The van der Waals surface area contributed by atoms with Crippen molar-refractivity contribution in [3.8, 4) is 0 Å². The van der Waals surface area contributed by atoms with Crippen molar-refractivity contribution in [2.24, 2.45) is 0 Å². The molecule has 0 spiro atoms. The summed E-state index contributed by atoms with van der Waals surface area (Å²) >= 11 is 0. The van der Waals surface area contributed by atoms with Gasteiger partial charge in [-0.1, -0.05) is 30.3 Å². The number of nitrogens with zero attached hydrogens (tertiary/aromatic N) is 1. The molecule has 1 aromatic carbocycles. The van der Waals surface area contributed by atoms with Crippen LogP contribution < -0.4 is 0 Å². The molecule has 1 aromatic heterocycles. The van der Waals surface area contributed by atoms with E-state index in [1.165, 1.54) is 0 Å². The molecule has 2 aromatic rings. The summed E-state index contributed by atoms with van der Waals surface area (Å²) in [5, 5.41) is 10.1. The van der Waals surface area contributed by atoms with Crippen LogP contribution in [0.4, 0.5) is 0 Å². The number of aliphatic hydroxyl groups is 1. The molecule has 1 heterocycles. The number of carbonyl (C=O) groups excluding carboxylic acids is 1. The van der Waals surface area contributed by atoms with E-state index in [0.717, 1.165) is 0 Å². The fourth-order valence-electron chi connectivity index (χ4n) is 2.04. The van der Waals surface area contributed by atoms with Crippen LogP contribution in [-0.2, 0) is 0 Å². The van der Waals surface area contributed by atoms with Crippen LogP contribution in [0.5, 0.6) is 0 Å². The van der Waals surface area contributed by atoms with Crippen LogP contribution in [0.15, 0.2) is 48.8 Å². The standard InChI is InChI=1S/C14H9NO2/c16-13-10-5-1-2-6-11(10)14(17)12(13)9-4-3-7-15-8-9/h1-8,16H. The van der Waals surface area contributed by atoms with Crippen LogP contribution in [0.25, 0.3) is 11.3 Å². The number of hydrogen-bond donors (Lipinski definition) is 1. The number of allylic oxidation sites excluding steroid dienone is 1. The second-order valence-corrected chi connectivity index (χ2v) is 3.84. The van der Waals surface area contributed by atoms with Gasteiger partial charge < -0.3 is 5.11 Å². The molecule has 0 aliphatic heterocycles. The smallest absolute Gasteiger partial charge is 0.198 e. The molecule has 0 saturated heterocycles. The maximum atomic E-state index is 12.2. The van der Waals surface area contributed by atoms with Gasteiger partial charge >= 0.3 is 0 Å². The van der Waals surface area contributed by atoms with E-state index in [1.54, 1.807) is 48.8 Å². The summed E-state index contributed by atoms with van der Waals surface area (Å²) in [4.78, 5) is 16.1. The average molecular weight is 223 g/mol. The normalized spacial score (nSPS) is 14.0. The molecule has 0 fully saturated rings. The van der Waals surface area contributed by atoms with Crippen molar-refractivity contribution in [2.75, 3.05) is 0 Å². The monoisotopic (exact) mass is 223 g/mol. The summed E-state index contributed by atoms with van der Waals surface area (Å²) < 4.78 is 0. The molecule has 3 nitrogen and oxygen atoms in total. The van der Waals surface area contributed by atoms with E-state index in [2.05, 4.69) is 4.98 Å². The minimum Gasteiger partial charge on any atom is -0.507 e. The Labute approximate surface area is 98.1 Å². The zero-order chi connectivity index (χ0) is 11.8. The molecule has 3 rings (SSSR count). The third-order valence-electron chi connectivity index (χ3n) is 2.84. The number of aliphatic hydroxyl groups excluding tert-OH is 1. The largest absolute Gasteiger partial charge is 0.507 e. The maximum Gasteiger partial charge on any atom is 0.198 e. The van der Waals surface area contributed by atoms with Gasteiger partial charge in [0, 0.05) is 29.1 Å². The lowest BCUT2D eigenvalue weighted by Gasteiger charge is -2.00. The highest BCUT2D eigenvalue weighted by molar-refractivity contribution is 6.38. The Morgan fingerprint density at radius 2 is 1.76 bits per heavy atom. The summed E-state index contributed by atoms with van der Waals surface area (Å²) in [7, 11) is 0. The van der Waals surface area contributed by atoms with Gasteiger partial charge in [-0.2, -0.15) is 0 Å². The van der Waals surface area contributed by atoms with Crippen LogP contribution in [0.1, 0.15) is 21.5 Å². The highest BCUT2D eigenvalue weighted by Crippen LogP contribution is 2.36. The number of benzene rings is 1. The van der Waals surface area contributed by atoms with Crippen molar-refractivity contribution in [1.29, 1.82) is 0 Å². The molecule has 17 heavy (non-hydrogen) atoms. The third-order valence-corrected chi connectivity index (χ3v) is 2.84. The Bertz CT molecular complexity index is 630. The summed E-state index contributed by atoms with van der Waals surface area (Å²) in [5.41, 5.74) is 2.12. The fourth-order valence-corrected chi connectivity index (χ4v) is 2.04. The van der Waals surface area contributed by atoms with Crippen LogP contribution >= 0.6 is 0 Å². The highest BCUT2D eigenvalue weighted by atomic mass is 16.3. The van der Waals surface area contributed by atoms with E-state index in [1.807, 2.05) is 0 Å². The predicted molar refractivity (Wildman–Crippen MR) is 64.5 cm³/mol. The number of ketones is 1. The van der Waals surface area contributed by atoms with Gasteiger partial charge in [0.05, 0.1) is 5.57 Å². The Hall–Kier alpha value is -2.42. The molecular formula is C14H9NO2. The first-order valence-corrected chi connectivity index (χ1v) is 5.27. The van der Waals surface area contributed by atoms with Gasteiger partial charge in [0.25, 0.3) is 0 Å². The van der Waals surface area contributed by atoms with Gasteiger partial charge in [-0.15, -0.1) is 0 Å². The second kappa shape index (κ2) is 3.56. The molecule has 1 aliphatic carbocycles. The number of fused-ring (bicyclic) bond motifs is 1. The fraction of sp³-hybridized carbons (Fsp3) is 0. The molecule has 0 atom stereocenters. The van der Waals surface area contributed by atoms with E-state index in [0.29, 0.717) is 22.3 Å². The number of rotatable bonds is 1. The molecule has 0 unspecified atom stereocenters. The van der Waals surface area contributed by atoms with Crippen molar-refractivity contribution in [3.05, 3.63) is 65.5 Å². The number of hydrogen-bond acceptors (Lipinski definition) is 3. The van der Waals surface area contributed by atoms with Crippen molar-refractivity contribution in [1.82, 2.24) is 4.98 Å². The van der Waals surface area contributed by atoms with Crippen LogP contribution in [0.3, 0.4) is 0 Å². The summed E-state index contributed by atoms with van der Waals surface area (Å²) in [6, 6.07) is 10.6. The van der Waals surface area contributed by atoms with Gasteiger partial charge in [0.1, 0.15) is 5.76 Å². The van der Waals surface area contributed by atoms with Crippen LogP contribution in [0, 0.1) is 0 Å². The topological polar surface area (TPSA) is 50.2 Å². The Morgan fingerprint density at radius 3 is 2.41 bits per heavy atom. The van der Waals surface area contributed by atoms with E-state index >= 15 is 0 Å². The molecule has 1 N–H and O–H groups in total. The molecule has 0 radical (unpaired) electrons. The average Bonchev–Trinajstić information content (AvgIpc) is 2.64. The third kappa shape index (κ3) is 1.36. The predicted octanol–water partition coefficient (Wildman–Crippen LogP) is 2.70. The number of pyridine rings is 1. The van der Waals surface area contributed by atoms with Gasteiger partial charge in [-0.3, -0.25) is 9.78 Å². The lowest BCUT2D eigenvalue weighted by atomic mass is 10.0. The van der Waals surface area contributed by atoms with E-state index < -0.39 is 0 Å². The van der Waals surface area contributed by atoms with Crippen LogP contribution in [0.2, 0.25) is 0 Å². The molecule has 0 saturated carbocycles. The highest BCUT2D eigenvalue weighted by Gasteiger charge is 2.30. The zero-order valence-electron chi connectivity index (χ0n) is 8.92. The quantitative estimate of drug-likeness (QED) is 0.808. The first kappa shape index (κ1) is 9.78. The lowest BCUT2D eigenvalue weighted by molar-refractivity contribution is 0.105. The first-order valence-electron chi connectivity index (χ1n) is 5.27. The lowest BCUT2D eigenvalue weighted by Crippen LogP contribution is -1.98. The van der Waals surface area contributed by atoms with Gasteiger partial charge in [0.15, 0.2) is 5.78 Å². The van der Waals surface area contributed by atoms with Gasteiger partial charge in [0.2, 0.25) is 0 Å². The molecule has 0 bridgehead atoms. The molecule has 0 amide bonds. The Morgan fingerprint density at radius 1 is 1.00 bits per heavy atom. The molecular weight excluding hydrogens is 214 g/mol. The Balaban J connectivity index is 2.22. The van der Waals surface area contributed by atoms with Gasteiger partial charge in [-0.05, 0) is 6.07 Å². The molecule has 3 heteroatoms. The number of aromatic nitrogens is 1. The number of carbonyl (C=O) groups is 1. The summed E-state index contributed by atoms with van der Waals surface area (Å²) in [5.74, 6) is -0.107. The minimum absolute atomic E-state index is 0.0404. The summed E-state index contributed by atoms with van der Waals surface area (Å²) in [6.07, 6.45) is 3.21. The maximum absolute atomic E-state index is 12.2. The van der Waals surface area contributed by atoms with Crippen molar-refractivity contribution in [2.45, 2.75) is 0 Å². The SMILES string of the molecule is O=C1C(c2cccnc2)=C(O)c2ccccc21. The minimum atomic E-state index is -0.147. The zero-order valence-corrected chi connectivity index (χ0v) is 8.92. The van der Waals surface area contributed by atoms with E-state index in [-0.39, 0.29) is 11.5 Å². The first-order chi connectivity index (χ1) is 8.29. The Kier molecular flexibility index (Phi) is 2.05. The van der Waals surface area contributed by atoms with E-state index in [9.17, 15) is 9.90 Å². The van der Waals surface area contributed by atoms with Crippen molar-refractivity contribution >= 4 is 17.1 Å². The number of Topliss-reactive ketones (excluding diaryl/α,β-unsaturated/α-hetero) is 1. The molecule has 82 valence electrons. The summed E-state index contributed by atoms with van der Waals surface area (Å²) in [6.45, 7) is 0. The van der Waals surface area contributed by atoms with Gasteiger partial charge in [-0.25, -0.2) is 0 Å².